The first kappa shape index (κ1) is 39.3. The lowest BCUT2D eigenvalue weighted by atomic mass is 9.92. The van der Waals surface area contributed by atoms with Crippen LogP contribution < -0.4 is 4.72 Å². The molecule has 1 aliphatic heterocycles. The number of fused-ring (bicyclic) bond motifs is 2. The van der Waals surface area contributed by atoms with Gasteiger partial charge in [-0.15, -0.1) is 0 Å². The van der Waals surface area contributed by atoms with Crippen molar-refractivity contribution in [3.63, 3.8) is 0 Å². The highest BCUT2D eigenvalue weighted by Crippen LogP contribution is 2.31. The smallest absolute Gasteiger partial charge is 0.274 e. The fourth-order valence-electron chi connectivity index (χ4n) is 6.96. The van der Waals surface area contributed by atoms with Crippen LogP contribution in [0.1, 0.15) is 81.9 Å². The molecule has 0 spiro atoms. The van der Waals surface area contributed by atoms with E-state index in [0.717, 1.165) is 42.2 Å². The van der Waals surface area contributed by atoms with E-state index in [0.29, 0.717) is 24.9 Å². The van der Waals surface area contributed by atoms with Gasteiger partial charge in [-0.05, 0) is 71.5 Å². The third-order valence-electron chi connectivity index (χ3n) is 10.0. The van der Waals surface area contributed by atoms with E-state index in [9.17, 15) is 33.0 Å². The minimum atomic E-state index is -4.32. The van der Waals surface area contributed by atoms with E-state index in [1.807, 2.05) is 36.4 Å². The fraction of sp³-hybridized carbons (Fsp3) is 0.333. The normalized spacial score (nSPS) is 14.1. The first-order valence-corrected chi connectivity index (χ1v) is 20.2. The Morgan fingerprint density at radius 3 is 2.25 bits per heavy atom. The second kappa shape index (κ2) is 17.4. The SMILES string of the molecule is CCCCN(CCCC)C(=O)c1cn(CCO)c(-c2ccc(C(=O)NS(=O)(=O)c3ccc4ccccc4c3)cc2C(=O)N2Cc3ccccc3C[C@H]2CO)n1. The Kier molecular flexibility index (Phi) is 12.4. The molecule has 0 fully saturated rings. The monoisotopic (exact) mass is 765 g/mol. The van der Waals surface area contributed by atoms with Crippen LogP contribution in [0, 0.1) is 0 Å². The highest BCUT2D eigenvalue weighted by atomic mass is 32.2. The van der Waals surface area contributed by atoms with Gasteiger partial charge in [0.2, 0.25) is 0 Å². The number of hydrogen-bond donors (Lipinski definition) is 3. The Morgan fingerprint density at radius 1 is 0.873 bits per heavy atom. The molecule has 1 aromatic heterocycles. The number of rotatable bonds is 15. The number of carbonyl (C=O) groups is 3. The number of carbonyl (C=O) groups excluding carboxylic acids is 3. The number of nitrogens with one attached hydrogen (secondary N) is 1. The molecule has 6 rings (SSSR count). The third-order valence-corrected chi connectivity index (χ3v) is 11.4. The van der Waals surface area contributed by atoms with Crippen LogP contribution >= 0.6 is 0 Å². The van der Waals surface area contributed by atoms with Gasteiger partial charge in [-0.1, -0.05) is 81.3 Å². The summed E-state index contributed by atoms with van der Waals surface area (Å²) in [7, 11) is -4.32. The number of benzene rings is 4. The molecule has 0 saturated heterocycles. The molecule has 3 N–H and O–H groups in total. The number of unbranched alkanes of at least 4 members (excludes halogenated alkanes) is 2. The zero-order valence-corrected chi connectivity index (χ0v) is 32.0. The Labute approximate surface area is 321 Å². The summed E-state index contributed by atoms with van der Waals surface area (Å²) < 4.78 is 30.7. The van der Waals surface area contributed by atoms with Gasteiger partial charge in [-0.3, -0.25) is 14.4 Å². The Hall–Kier alpha value is -5.37. The standard InChI is InChI=1S/C42H47N5O7S/c1-3-5-19-45(20-6-4-2)42(52)38-27-46(21-22-48)39(43-38)36-18-16-32(40(50)44-55(53,54)35-17-15-29-11-7-8-13-31(29)24-35)25-37(36)41(51)47-26-33-14-10-9-12-30(33)23-34(47)28-49/h7-18,24-25,27,34,48-49H,3-6,19-23,26,28H2,1-2H3,(H,44,50)/t34-/m0/s1. The molecular weight excluding hydrogens is 719 g/mol. The highest BCUT2D eigenvalue weighted by molar-refractivity contribution is 7.90. The van der Waals surface area contributed by atoms with Crippen LogP contribution in [0.15, 0.2) is 96.0 Å². The van der Waals surface area contributed by atoms with Crippen molar-refractivity contribution in [1.29, 1.82) is 0 Å². The summed E-state index contributed by atoms with van der Waals surface area (Å²) in [4.78, 5) is 50.3. The summed E-state index contributed by atoms with van der Waals surface area (Å²) in [6.07, 6.45) is 5.43. The molecule has 4 aromatic carbocycles. The van der Waals surface area contributed by atoms with Crippen molar-refractivity contribution in [2.24, 2.45) is 0 Å². The molecule has 1 atom stereocenters. The molecule has 1 aliphatic rings. The van der Waals surface area contributed by atoms with E-state index in [1.54, 1.807) is 33.9 Å². The van der Waals surface area contributed by atoms with E-state index in [2.05, 4.69) is 18.6 Å². The second-order valence-corrected chi connectivity index (χ2v) is 15.5. The predicted molar refractivity (Wildman–Crippen MR) is 210 cm³/mol. The summed E-state index contributed by atoms with van der Waals surface area (Å²) in [5.74, 6) is -1.51. The molecule has 13 heteroatoms. The van der Waals surface area contributed by atoms with Crippen LogP contribution in [0.3, 0.4) is 0 Å². The number of hydrogen-bond acceptors (Lipinski definition) is 8. The number of aliphatic hydroxyl groups is 2. The zero-order valence-electron chi connectivity index (χ0n) is 31.1. The van der Waals surface area contributed by atoms with Crippen molar-refractivity contribution < 1.29 is 33.0 Å². The third kappa shape index (κ3) is 8.64. The van der Waals surface area contributed by atoms with Gasteiger partial charge in [0, 0.05) is 43.5 Å². The van der Waals surface area contributed by atoms with Crippen LogP contribution in [0.5, 0.6) is 0 Å². The van der Waals surface area contributed by atoms with Crippen molar-refractivity contribution in [3.05, 3.63) is 119 Å². The van der Waals surface area contributed by atoms with Gasteiger partial charge in [-0.25, -0.2) is 18.1 Å². The molecule has 0 radical (unpaired) electrons. The van der Waals surface area contributed by atoms with Crippen molar-refractivity contribution >= 4 is 38.5 Å². The van der Waals surface area contributed by atoms with Crippen LogP contribution in [0.2, 0.25) is 0 Å². The minimum absolute atomic E-state index is 0.0196. The van der Waals surface area contributed by atoms with Crippen molar-refractivity contribution in [2.75, 3.05) is 26.3 Å². The van der Waals surface area contributed by atoms with Gasteiger partial charge in [0.25, 0.3) is 27.7 Å². The lowest BCUT2D eigenvalue weighted by molar-refractivity contribution is 0.0544. The Balaban J connectivity index is 1.42. The lowest BCUT2D eigenvalue weighted by Crippen LogP contribution is -2.46. The summed E-state index contributed by atoms with van der Waals surface area (Å²) in [6.45, 7) is 4.89. The maximum absolute atomic E-state index is 14.7. The Morgan fingerprint density at radius 2 is 1.56 bits per heavy atom. The molecule has 0 unspecified atom stereocenters. The molecule has 0 saturated carbocycles. The lowest BCUT2D eigenvalue weighted by Gasteiger charge is -2.36. The molecule has 0 aliphatic carbocycles. The fourth-order valence-corrected chi connectivity index (χ4v) is 7.97. The molecule has 5 aromatic rings. The number of aromatic nitrogens is 2. The molecule has 2 heterocycles. The van der Waals surface area contributed by atoms with Gasteiger partial charge >= 0.3 is 0 Å². The van der Waals surface area contributed by atoms with Gasteiger partial charge in [0.05, 0.1) is 29.7 Å². The molecule has 12 nitrogen and oxygen atoms in total. The number of aliphatic hydroxyl groups excluding tert-OH is 2. The van der Waals surface area contributed by atoms with E-state index < -0.39 is 27.9 Å². The largest absolute Gasteiger partial charge is 0.395 e. The van der Waals surface area contributed by atoms with Crippen LogP contribution in [-0.4, -0.2) is 88.0 Å². The Bertz CT molecular complexity index is 2300. The molecule has 288 valence electrons. The minimum Gasteiger partial charge on any atom is -0.395 e. The van der Waals surface area contributed by atoms with Gasteiger partial charge in [0.1, 0.15) is 11.5 Å². The average molecular weight is 766 g/mol. The van der Waals surface area contributed by atoms with E-state index in [1.165, 1.54) is 35.2 Å². The number of imidazole rings is 1. The molecule has 0 bridgehead atoms. The summed E-state index contributed by atoms with van der Waals surface area (Å²) in [5.41, 5.74) is 2.26. The van der Waals surface area contributed by atoms with Crippen LogP contribution in [0.25, 0.3) is 22.2 Å². The van der Waals surface area contributed by atoms with Crippen LogP contribution in [0.4, 0.5) is 0 Å². The summed E-state index contributed by atoms with van der Waals surface area (Å²) in [5, 5.41) is 22.0. The predicted octanol–water partition coefficient (Wildman–Crippen LogP) is 5.42. The zero-order chi connectivity index (χ0) is 39.1. The second-order valence-electron chi connectivity index (χ2n) is 13.8. The molecular formula is C42H47N5O7S. The maximum atomic E-state index is 14.7. The van der Waals surface area contributed by atoms with E-state index in [4.69, 9.17) is 4.98 Å². The van der Waals surface area contributed by atoms with Crippen LogP contribution in [-0.2, 0) is 29.5 Å². The first-order chi connectivity index (χ1) is 26.6. The topological polar surface area (TPSA) is 162 Å². The molecule has 3 amide bonds. The maximum Gasteiger partial charge on any atom is 0.274 e. The van der Waals surface area contributed by atoms with Crippen molar-refractivity contribution in [2.45, 2.75) is 70.0 Å². The number of sulfonamides is 1. The van der Waals surface area contributed by atoms with Gasteiger partial charge in [-0.2, -0.15) is 0 Å². The van der Waals surface area contributed by atoms with Gasteiger partial charge < -0.3 is 24.6 Å². The van der Waals surface area contributed by atoms with E-state index in [-0.39, 0.29) is 65.3 Å². The number of nitrogens with zero attached hydrogens (tertiary/aromatic N) is 4. The molecule has 55 heavy (non-hydrogen) atoms. The first-order valence-electron chi connectivity index (χ1n) is 18.7. The summed E-state index contributed by atoms with van der Waals surface area (Å²) in [6, 6.07) is 23.1. The summed E-state index contributed by atoms with van der Waals surface area (Å²) >= 11 is 0. The van der Waals surface area contributed by atoms with Crippen molar-refractivity contribution in [3.8, 4) is 11.4 Å². The number of amides is 3. The highest BCUT2D eigenvalue weighted by Gasteiger charge is 2.33. The van der Waals surface area contributed by atoms with Gasteiger partial charge in [0.15, 0.2) is 0 Å². The quantitative estimate of drug-likeness (QED) is 0.127. The average Bonchev–Trinajstić information content (AvgIpc) is 3.63. The van der Waals surface area contributed by atoms with Crippen molar-refractivity contribution in [1.82, 2.24) is 24.1 Å². The van der Waals surface area contributed by atoms with E-state index >= 15 is 0 Å².